The lowest BCUT2D eigenvalue weighted by Crippen LogP contribution is -1.91. The van der Waals surface area contributed by atoms with Crippen molar-refractivity contribution in [1.82, 2.24) is 4.98 Å². The van der Waals surface area contributed by atoms with Gasteiger partial charge >= 0.3 is 0 Å². The molecule has 0 amide bonds. The smallest absolute Gasteiger partial charge is 0.0715 e. The number of pyridine rings is 1. The summed E-state index contributed by atoms with van der Waals surface area (Å²) in [6.45, 7) is 0. The van der Waals surface area contributed by atoms with Crippen LogP contribution in [0, 0.1) is 0 Å². The number of hydrogen-bond acceptors (Lipinski definition) is 1. The normalized spacial score (nSPS) is 10.9. The molecule has 1 heteroatoms. The van der Waals surface area contributed by atoms with Crippen molar-refractivity contribution in [1.29, 1.82) is 0 Å². The molecule has 198 valence electrons. The molecule has 0 N–H and O–H groups in total. The molecule has 0 unspecified atom stereocenters. The van der Waals surface area contributed by atoms with Crippen LogP contribution in [-0.4, -0.2) is 4.98 Å². The van der Waals surface area contributed by atoms with Gasteiger partial charge in [0.2, 0.25) is 0 Å². The summed E-state index contributed by atoms with van der Waals surface area (Å²) in [5, 5.41) is 0. The van der Waals surface area contributed by atoms with Gasteiger partial charge in [-0.25, -0.2) is 4.98 Å². The fraction of sp³-hybridized carbons (Fsp3) is 0. The zero-order valence-electron chi connectivity index (χ0n) is 23.2. The van der Waals surface area contributed by atoms with Gasteiger partial charge in [-0.2, -0.15) is 0 Å². The van der Waals surface area contributed by atoms with Gasteiger partial charge in [-0.15, -0.1) is 0 Å². The summed E-state index contributed by atoms with van der Waals surface area (Å²) < 4.78 is 0. The summed E-state index contributed by atoms with van der Waals surface area (Å²) in [5.74, 6) is 0. The Morgan fingerprint density at radius 1 is 0.214 bits per heavy atom. The lowest BCUT2D eigenvalue weighted by atomic mass is 9.92. The standard InChI is InChI=1S/C41H29N/c1-5-13-30(14-6-1)36-25-37(31-15-7-2-8-16-31)27-38(26-36)32-21-23-33(24-22-32)39-28-40(34-17-9-3-10-18-34)42-41(29-39)35-19-11-4-12-20-35/h1-29H. The van der Waals surface area contributed by atoms with E-state index in [0.29, 0.717) is 0 Å². The average Bonchev–Trinajstić information content (AvgIpc) is 3.09. The maximum Gasteiger partial charge on any atom is 0.0715 e. The third-order valence-corrected chi connectivity index (χ3v) is 7.66. The third kappa shape index (κ3) is 5.41. The Balaban J connectivity index is 1.31. The van der Waals surface area contributed by atoms with E-state index in [4.69, 9.17) is 4.98 Å². The van der Waals surface area contributed by atoms with E-state index in [1.165, 1.54) is 33.4 Å². The molecule has 0 aliphatic carbocycles. The molecule has 7 aromatic rings. The average molecular weight is 536 g/mol. The largest absolute Gasteiger partial charge is 0.248 e. The Labute approximate surface area is 247 Å². The van der Waals surface area contributed by atoms with Gasteiger partial charge in [0.05, 0.1) is 11.4 Å². The van der Waals surface area contributed by atoms with Gasteiger partial charge in [0, 0.05) is 11.1 Å². The SMILES string of the molecule is c1ccc(-c2cc(-c3ccccc3)cc(-c3ccc(-c4cc(-c5ccccc5)nc(-c5ccccc5)c4)cc3)c2)cc1. The van der Waals surface area contributed by atoms with Crippen molar-refractivity contribution in [2.24, 2.45) is 0 Å². The molecule has 0 atom stereocenters. The molecule has 0 bridgehead atoms. The Bertz CT molecular complexity index is 1670. The zero-order valence-corrected chi connectivity index (χ0v) is 23.2. The lowest BCUT2D eigenvalue weighted by Gasteiger charge is -2.13. The molecular formula is C41H29N. The van der Waals surface area contributed by atoms with Crippen LogP contribution < -0.4 is 0 Å². The molecule has 1 nitrogen and oxygen atoms in total. The highest BCUT2D eigenvalue weighted by atomic mass is 14.7. The summed E-state index contributed by atoms with van der Waals surface area (Å²) in [5.41, 5.74) is 13.7. The van der Waals surface area contributed by atoms with Crippen LogP contribution in [0.2, 0.25) is 0 Å². The number of aromatic nitrogens is 1. The van der Waals surface area contributed by atoms with Crippen LogP contribution in [0.1, 0.15) is 0 Å². The molecule has 0 fully saturated rings. The molecular weight excluding hydrogens is 506 g/mol. The van der Waals surface area contributed by atoms with Gasteiger partial charge in [0.15, 0.2) is 0 Å². The molecule has 0 radical (unpaired) electrons. The zero-order chi connectivity index (χ0) is 28.1. The lowest BCUT2D eigenvalue weighted by molar-refractivity contribution is 1.32. The second kappa shape index (κ2) is 11.5. The number of rotatable bonds is 6. The van der Waals surface area contributed by atoms with Crippen LogP contribution in [0.3, 0.4) is 0 Å². The summed E-state index contributed by atoms with van der Waals surface area (Å²) >= 11 is 0. The van der Waals surface area contributed by atoms with Crippen molar-refractivity contribution in [2.75, 3.05) is 0 Å². The highest BCUT2D eigenvalue weighted by Gasteiger charge is 2.11. The van der Waals surface area contributed by atoms with E-state index in [9.17, 15) is 0 Å². The maximum atomic E-state index is 5.04. The highest BCUT2D eigenvalue weighted by Crippen LogP contribution is 2.35. The van der Waals surface area contributed by atoms with Crippen LogP contribution in [0.5, 0.6) is 0 Å². The Morgan fingerprint density at radius 3 is 0.810 bits per heavy atom. The van der Waals surface area contributed by atoms with E-state index in [-0.39, 0.29) is 0 Å². The number of hydrogen-bond donors (Lipinski definition) is 0. The molecule has 0 aliphatic rings. The van der Waals surface area contributed by atoms with Crippen LogP contribution >= 0.6 is 0 Å². The Kier molecular flexibility index (Phi) is 6.98. The van der Waals surface area contributed by atoms with Gasteiger partial charge in [0.25, 0.3) is 0 Å². The van der Waals surface area contributed by atoms with E-state index in [2.05, 4.69) is 164 Å². The van der Waals surface area contributed by atoms with E-state index >= 15 is 0 Å². The van der Waals surface area contributed by atoms with Crippen molar-refractivity contribution in [3.05, 3.63) is 176 Å². The first-order valence-corrected chi connectivity index (χ1v) is 14.3. The second-order valence-corrected chi connectivity index (χ2v) is 10.5. The topological polar surface area (TPSA) is 12.9 Å². The Hall–Kier alpha value is -5.53. The van der Waals surface area contributed by atoms with Gasteiger partial charge in [-0.1, -0.05) is 146 Å². The first-order valence-electron chi connectivity index (χ1n) is 14.3. The molecule has 7 rings (SSSR count). The third-order valence-electron chi connectivity index (χ3n) is 7.66. The fourth-order valence-corrected chi connectivity index (χ4v) is 5.45. The molecule has 6 aromatic carbocycles. The number of benzene rings is 6. The molecule has 0 spiro atoms. The van der Waals surface area contributed by atoms with Crippen LogP contribution in [0.15, 0.2) is 176 Å². The van der Waals surface area contributed by atoms with E-state index in [0.717, 1.165) is 33.6 Å². The number of nitrogens with zero attached hydrogens (tertiary/aromatic N) is 1. The van der Waals surface area contributed by atoms with Crippen molar-refractivity contribution in [3.8, 4) is 67.0 Å². The minimum absolute atomic E-state index is 0.971. The summed E-state index contributed by atoms with van der Waals surface area (Å²) in [6, 6.07) is 62.2. The van der Waals surface area contributed by atoms with Crippen LogP contribution in [0.25, 0.3) is 67.0 Å². The molecule has 0 saturated carbocycles. The quantitative estimate of drug-likeness (QED) is 0.206. The van der Waals surface area contributed by atoms with Crippen LogP contribution in [0.4, 0.5) is 0 Å². The fourth-order valence-electron chi connectivity index (χ4n) is 5.45. The van der Waals surface area contributed by atoms with Crippen LogP contribution in [-0.2, 0) is 0 Å². The summed E-state index contributed by atoms with van der Waals surface area (Å²) in [4.78, 5) is 5.04. The summed E-state index contributed by atoms with van der Waals surface area (Å²) in [6.07, 6.45) is 0. The Morgan fingerprint density at radius 2 is 0.476 bits per heavy atom. The van der Waals surface area contributed by atoms with E-state index in [1.807, 2.05) is 12.1 Å². The minimum Gasteiger partial charge on any atom is -0.248 e. The predicted molar refractivity (Wildman–Crippen MR) is 177 cm³/mol. The molecule has 42 heavy (non-hydrogen) atoms. The van der Waals surface area contributed by atoms with E-state index in [1.54, 1.807) is 0 Å². The van der Waals surface area contributed by atoms with Crippen molar-refractivity contribution < 1.29 is 0 Å². The monoisotopic (exact) mass is 535 g/mol. The molecule has 1 aromatic heterocycles. The first kappa shape index (κ1) is 25.4. The van der Waals surface area contributed by atoms with Gasteiger partial charge in [0.1, 0.15) is 0 Å². The van der Waals surface area contributed by atoms with E-state index < -0.39 is 0 Å². The second-order valence-electron chi connectivity index (χ2n) is 10.5. The highest BCUT2D eigenvalue weighted by molar-refractivity contribution is 5.83. The van der Waals surface area contributed by atoms with Gasteiger partial charge in [-0.05, 0) is 74.8 Å². The van der Waals surface area contributed by atoms with Crippen molar-refractivity contribution in [3.63, 3.8) is 0 Å². The van der Waals surface area contributed by atoms with Gasteiger partial charge < -0.3 is 0 Å². The van der Waals surface area contributed by atoms with Crippen molar-refractivity contribution >= 4 is 0 Å². The minimum atomic E-state index is 0.971. The molecule has 1 heterocycles. The predicted octanol–water partition coefficient (Wildman–Crippen LogP) is 11.1. The first-order chi connectivity index (χ1) is 20.8. The summed E-state index contributed by atoms with van der Waals surface area (Å²) in [7, 11) is 0. The molecule has 0 saturated heterocycles. The maximum absolute atomic E-state index is 5.04. The van der Waals surface area contributed by atoms with Crippen molar-refractivity contribution in [2.45, 2.75) is 0 Å². The van der Waals surface area contributed by atoms with Gasteiger partial charge in [-0.3, -0.25) is 0 Å². The molecule has 0 aliphatic heterocycles.